The smallest absolute Gasteiger partial charge is 0.250 e. The quantitative estimate of drug-likeness (QED) is 0.730. The van der Waals surface area contributed by atoms with E-state index in [-0.39, 0.29) is 30.5 Å². The number of carbonyl (C=O) groups is 2. The molecular weight excluding hydrogens is 312 g/mol. The van der Waals surface area contributed by atoms with Gasteiger partial charge in [0.25, 0.3) is 0 Å². The Bertz CT molecular complexity index is 864. The van der Waals surface area contributed by atoms with E-state index in [9.17, 15) is 9.59 Å². The maximum Gasteiger partial charge on any atom is 0.250 e. The van der Waals surface area contributed by atoms with E-state index in [1.807, 2.05) is 31.4 Å². The number of hydrogen-bond acceptors (Lipinski definition) is 5. The molecule has 0 fully saturated rings. The van der Waals surface area contributed by atoms with Crippen LogP contribution in [0.15, 0.2) is 29.6 Å². The molecule has 7 heteroatoms. The molecule has 3 rings (SSSR count). The van der Waals surface area contributed by atoms with Crippen LogP contribution in [0.4, 0.5) is 5.95 Å². The van der Waals surface area contributed by atoms with Gasteiger partial charge in [0.2, 0.25) is 16.8 Å². The summed E-state index contributed by atoms with van der Waals surface area (Å²) in [7, 11) is 0. The zero-order valence-electron chi connectivity index (χ0n) is 12.9. The lowest BCUT2D eigenvalue weighted by atomic mass is 10.1. The monoisotopic (exact) mass is 328 g/mol. The van der Waals surface area contributed by atoms with Crippen molar-refractivity contribution in [3.05, 3.63) is 46.5 Å². The van der Waals surface area contributed by atoms with Gasteiger partial charge < -0.3 is 0 Å². The summed E-state index contributed by atoms with van der Waals surface area (Å²) in [6.45, 7) is 3.89. The molecule has 2 heterocycles. The Morgan fingerprint density at radius 1 is 1.17 bits per heavy atom. The molecule has 0 radical (unpaired) electrons. The number of nitrogens with zero attached hydrogens (tertiary/aromatic N) is 3. The molecule has 118 valence electrons. The summed E-state index contributed by atoms with van der Waals surface area (Å²) in [6, 6.07) is 7.33. The Labute approximate surface area is 137 Å². The van der Waals surface area contributed by atoms with Crippen LogP contribution in [0, 0.1) is 13.8 Å². The number of ketones is 1. The number of aryl methyl sites for hydroxylation is 2. The highest BCUT2D eigenvalue weighted by Gasteiger charge is 2.12. The third-order valence-electron chi connectivity index (χ3n) is 3.45. The molecule has 0 atom stereocenters. The molecule has 3 aromatic rings. The van der Waals surface area contributed by atoms with E-state index in [0.29, 0.717) is 5.56 Å². The maximum absolute atomic E-state index is 12.0. The highest BCUT2D eigenvalue weighted by Crippen LogP contribution is 2.15. The second-order valence-electron chi connectivity index (χ2n) is 5.34. The maximum atomic E-state index is 12.0. The molecule has 0 aliphatic heterocycles. The van der Waals surface area contributed by atoms with Crippen LogP contribution in [0.3, 0.4) is 0 Å². The molecular formula is C16H16N4O2S. The van der Waals surface area contributed by atoms with E-state index in [4.69, 9.17) is 0 Å². The van der Waals surface area contributed by atoms with Crippen LogP contribution >= 0.6 is 11.3 Å². The molecule has 23 heavy (non-hydrogen) atoms. The van der Waals surface area contributed by atoms with Gasteiger partial charge in [0.1, 0.15) is 0 Å². The number of carbonyl (C=O) groups excluding carboxylic acids is 2. The highest BCUT2D eigenvalue weighted by molar-refractivity contribution is 7.15. The number of anilines is 1. The number of aromatic nitrogens is 3. The van der Waals surface area contributed by atoms with Crippen LogP contribution in [0.25, 0.3) is 4.96 Å². The number of thiazole rings is 1. The van der Waals surface area contributed by atoms with Crippen molar-refractivity contribution < 1.29 is 9.59 Å². The number of amides is 1. The minimum absolute atomic E-state index is 0.0465. The third kappa shape index (κ3) is 3.45. The molecule has 0 aliphatic carbocycles. The second-order valence-corrected chi connectivity index (χ2v) is 6.18. The molecule has 2 aromatic heterocycles. The summed E-state index contributed by atoms with van der Waals surface area (Å²) >= 11 is 1.46. The number of rotatable bonds is 5. The van der Waals surface area contributed by atoms with Gasteiger partial charge in [0.15, 0.2) is 5.78 Å². The Hall–Kier alpha value is -2.54. The number of fused-ring (bicyclic) bond motifs is 1. The molecule has 1 amide bonds. The topological polar surface area (TPSA) is 76.4 Å². The molecule has 0 bridgehead atoms. The Balaban J connectivity index is 1.56. The Kier molecular flexibility index (Phi) is 4.20. The van der Waals surface area contributed by atoms with Gasteiger partial charge >= 0.3 is 0 Å². The second kappa shape index (κ2) is 6.29. The SMILES string of the molecule is Cc1ccc(C(=O)CCC(=O)Nc2nc3scc(C)n3n2)cc1. The number of benzene rings is 1. The van der Waals surface area contributed by atoms with Crippen molar-refractivity contribution in [2.75, 3.05) is 5.32 Å². The van der Waals surface area contributed by atoms with Gasteiger partial charge in [-0.2, -0.15) is 4.98 Å². The molecule has 0 spiro atoms. The molecule has 1 N–H and O–H groups in total. The summed E-state index contributed by atoms with van der Waals surface area (Å²) < 4.78 is 1.68. The van der Waals surface area contributed by atoms with E-state index >= 15 is 0 Å². The predicted molar refractivity (Wildman–Crippen MR) is 89.0 cm³/mol. The lowest BCUT2D eigenvalue weighted by Crippen LogP contribution is -2.14. The van der Waals surface area contributed by atoms with E-state index in [1.165, 1.54) is 11.3 Å². The van der Waals surface area contributed by atoms with Crippen LogP contribution in [0.5, 0.6) is 0 Å². The first-order chi connectivity index (χ1) is 11.0. The van der Waals surface area contributed by atoms with E-state index in [1.54, 1.807) is 16.6 Å². The van der Waals surface area contributed by atoms with Crippen molar-refractivity contribution in [2.24, 2.45) is 0 Å². The fourth-order valence-electron chi connectivity index (χ4n) is 2.14. The first-order valence-electron chi connectivity index (χ1n) is 7.23. The minimum Gasteiger partial charge on any atom is -0.294 e. The third-order valence-corrected chi connectivity index (χ3v) is 4.38. The predicted octanol–water partition coefficient (Wildman–Crippen LogP) is 3.01. The van der Waals surface area contributed by atoms with Crippen molar-refractivity contribution in [1.29, 1.82) is 0 Å². The lowest BCUT2D eigenvalue weighted by molar-refractivity contribution is -0.116. The minimum atomic E-state index is -0.263. The fraction of sp³-hybridized carbons (Fsp3) is 0.250. The van der Waals surface area contributed by atoms with Crippen molar-refractivity contribution in [1.82, 2.24) is 14.6 Å². The van der Waals surface area contributed by atoms with E-state index < -0.39 is 0 Å². The average Bonchev–Trinajstić information content (AvgIpc) is 3.07. The standard InChI is InChI=1S/C16H16N4O2S/c1-10-3-5-12(6-4-10)13(21)7-8-14(22)17-15-18-16-20(19-15)11(2)9-23-16/h3-6,9H,7-8H2,1-2H3,(H,17,19,22). The van der Waals surface area contributed by atoms with Crippen LogP contribution in [-0.4, -0.2) is 26.3 Å². The average molecular weight is 328 g/mol. The van der Waals surface area contributed by atoms with Crippen molar-refractivity contribution in [3.8, 4) is 0 Å². The molecule has 0 saturated carbocycles. The summed E-state index contributed by atoms with van der Waals surface area (Å²) in [5.74, 6) is -0.0381. The van der Waals surface area contributed by atoms with Gasteiger partial charge in [-0.1, -0.05) is 29.8 Å². The fourth-order valence-corrected chi connectivity index (χ4v) is 2.94. The first kappa shape index (κ1) is 15.4. The zero-order valence-corrected chi connectivity index (χ0v) is 13.7. The van der Waals surface area contributed by atoms with Crippen LogP contribution in [-0.2, 0) is 4.79 Å². The van der Waals surface area contributed by atoms with Gasteiger partial charge in [0.05, 0.1) is 5.69 Å². The Morgan fingerprint density at radius 3 is 2.61 bits per heavy atom. The van der Waals surface area contributed by atoms with Crippen LogP contribution in [0.2, 0.25) is 0 Å². The molecule has 0 aliphatic rings. The van der Waals surface area contributed by atoms with Gasteiger partial charge in [-0.05, 0) is 13.8 Å². The van der Waals surface area contributed by atoms with Gasteiger partial charge in [-0.3, -0.25) is 14.9 Å². The van der Waals surface area contributed by atoms with Gasteiger partial charge in [-0.25, -0.2) is 4.52 Å². The normalized spacial score (nSPS) is 10.9. The summed E-state index contributed by atoms with van der Waals surface area (Å²) in [5.41, 5.74) is 2.69. The molecule has 0 saturated heterocycles. The largest absolute Gasteiger partial charge is 0.294 e. The molecule has 0 unspecified atom stereocenters. The van der Waals surface area contributed by atoms with Gasteiger partial charge in [-0.15, -0.1) is 16.4 Å². The first-order valence-corrected chi connectivity index (χ1v) is 8.11. The molecule has 6 nitrogen and oxygen atoms in total. The van der Waals surface area contributed by atoms with E-state index in [0.717, 1.165) is 16.2 Å². The highest BCUT2D eigenvalue weighted by atomic mass is 32.1. The van der Waals surface area contributed by atoms with Crippen molar-refractivity contribution >= 4 is 33.9 Å². The van der Waals surface area contributed by atoms with Gasteiger partial charge in [0, 0.05) is 23.8 Å². The molecule has 1 aromatic carbocycles. The van der Waals surface area contributed by atoms with E-state index in [2.05, 4.69) is 15.4 Å². The summed E-state index contributed by atoms with van der Waals surface area (Å²) in [4.78, 5) is 28.9. The lowest BCUT2D eigenvalue weighted by Gasteiger charge is -2.02. The van der Waals surface area contributed by atoms with Crippen LogP contribution in [0.1, 0.15) is 34.5 Å². The van der Waals surface area contributed by atoms with Crippen molar-refractivity contribution in [2.45, 2.75) is 26.7 Å². The summed E-state index contributed by atoms with van der Waals surface area (Å²) in [6.07, 6.45) is 0.273. The summed E-state index contributed by atoms with van der Waals surface area (Å²) in [5, 5.41) is 8.78. The zero-order chi connectivity index (χ0) is 16.4. The Morgan fingerprint density at radius 2 is 1.91 bits per heavy atom. The van der Waals surface area contributed by atoms with Crippen LogP contribution < -0.4 is 5.32 Å². The number of hydrogen-bond donors (Lipinski definition) is 1. The van der Waals surface area contributed by atoms with Crippen molar-refractivity contribution in [3.63, 3.8) is 0 Å². The number of Topliss-reactive ketones (excluding diaryl/α,β-unsaturated/α-hetero) is 1. The number of nitrogens with one attached hydrogen (secondary N) is 1.